The summed E-state index contributed by atoms with van der Waals surface area (Å²) in [4.78, 5) is 32.3. The molecule has 0 unspecified atom stereocenters. The Kier molecular flexibility index (Phi) is 4.44. The Bertz CT molecular complexity index is 651. The zero-order valence-corrected chi connectivity index (χ0v) is 14.3. The summed E-state index contributed by atoms with van der Waals surface area (Å²) in [6.45, 7) is 3.95. The number of pyridine rings is 1. The molecule has 0 bridgehead atoms. The Hall–Kier alpha value is -1.62. The van der Waals surface area contributed by atoms with Gasteiger partial charge in [-0.25, -0.2) is 0 Å². The smallest absolute Gasteiger partial charge is 0.261 e. The minimum atomic E-state index is -0.220. The second-order valence-corrected chi connectivity index (χ2v) is 7.55. The van der Waals surface area contributed by atoms with Gasteiger partial charge in [-0.2, -0.15) is 0 Å². The zero-order valence-electron chi connectivity index (χ0n) is 14.3. The number of carbonyl (C=O) groups is 1. The number of rotatable bonds is 3. The largest absolute Gasteiger partial charge is 0.338 e. The number of hydrogen-bond acceptors (Lipinski definition) is 3. The van der Waals surface area contributed by atoms with Crippen LogP contribution in [-0.2, 0) is 0 Å². The van der Waals surface area contributed by atoms with E-state index >= 15 is 0 Å². The molecule has 3 heterocycles. The molecule has 0 radical (unpaired) electrons. The first-order chi connectivity index (χ1) is 11.7. The zero-order chi connectivity index (χ0) is 16.5. The summed E-state index contributed by atoms with van der Waals surface area (Å²) in [7, 11) is 0. The summed E-state index contributed by atoms with van der Waals surface area (Å²) >= 11 is 0. The van der Waals surface area contributed by atoms with E-state index in [-0.39, 0.29) is 11.5 Å². The fourth-order valence-electron chi connectivity index (χ4n) is 4.18. The van der Waals surface area contributed by atoms with Crippen molar-refractivity contribution in [1.29, 1.82) is 0 Å². The maximum Gasteiger partial charge on any atom is 0.261 e. The van der Waals surface area contributed by atoms with Gasteiger partial charge >= 0.3 is 0 Å². The predicted octanol–water partition coefficient (Wildman–Crippen LogP) is 2.34. The van der Waals surface area contributed by atoms with Crippen molar-refractivity contribution in [2.24, 2.45) is 0 Å². The van der Waals surface area contributed by atoms with Crippen molar-refractivity contribution in [3.8, 4) is 0 Å². The molecular weight excluding hydrogens is 302 g/mol. The van der Waals surface area contributed by atoms with Gasteiger partial charge in [-0.3, -0.25) is 9.59 Å². The van der Waals surface area contributed by atoms with E-state index < -0.39 is 0 Å². The highest BCUT2D eigenvalue weighted by Crippen LogP contribution is 2.38. The quantitative estimate of drug-likeness (QED) is 0.926. The van der Waals surface area contributed by atoms with E-state index in [0.29, 0.717) is 17.5 Å². The molecule has 130 valence electrons. The number of H-pyrrole nitrogens is 1. The second-order valence-electron chi connectivity index (χ2n) is 7.55. The molecule has 0 spiro atoms. The normalized spacial score (nSPS) is 23.4. The van der Waals surface area contributed by atoms with Gasteiger partial charge in [0.15, 0.2) is 0 Å². The lowest BCUT2D eigenvalue weighted by Gasteiger charge is -2.40. The maximum absolute atomic E-state index is 12.7. The number of hydrogen-bond donors (Lipinski definition) is 1. The van der Waals surface area contributed by atoms with Crippen molar-refractivity contribution in [3.05, 3.63) is 33.7 Å². The molecule has 5 heteroatoms. The topological polar surface area (TPSA) is 56.4 Å². The highest BCUT2D eigenvalue weighted by atomic mass is 16.2. The third-order valence-electron chi connectivity index (χ3n) is 5.84. The van der Waals surface area contributed by atoms with Crippen molar-refractivity contribution < 1.29 is 4.79 Å². The van der Waals surface area contributed by atoms with Crippen LogP contribution in [0.5, 0.6) is 0 Å². The van der Waals surface area contributed by atoms with Crippen LogP contribution in [0, 0.1) is 0 Å². The number of nitrogens with one attached hydrogen (secondary N) is 1. The number of carbonyl (C=O) groups excluding carboxylic acids is 1. The van der Waals surface area contributed by atoms with Gasteiger partial charge in [0.1, 0.15) is 5.56 Å². The number of nitrogens with zero attached hydrogens (tertiary/aromatic N) is 2. The van der Waals surface area contributed by atoms with Crippen LogP contribution in [0.2, 0.25) is 0 Å². The Morgan fingerprint density at radius 3 is 2.29 bits per heavy atom. The van der Waals surface area contributed by atoms with Gasteiger partial charge < -0.3 is 14.8 Å². The lowest BCUT2D eigenvalue weighted by Crippen LogP contribution is -2.48. The number of piperidine rings is 2. The van der Waals surface area contributed by atoms with Crippen LogP contribution in [0.3, 0.4) is 0 Å². The summed E-state index contributed by atoms with van der Waals surface area (Å²) in [5.74, 6) is 0.401. The van der Waals surface area contributed by atoms with Gasteiger partial charge in [-0.15, -0.1) is 0 Å². The molecular formula is C19H27N3O2. The molecule has 4 rings (SSSR count). The van der Waals surface area contributed by atoms with Crippen LogP contribution in [0.25, 0.3) is 0 Å². The Morgan fingerprint density at radius 1 is 0.958 bits per heavy atom. The molecule has 2 saturated heterocycles. The average molecular weight is 329 g/mol. The molecule has 1 aromatic rings. The van der Waals surface area contributed by atoms with Crippen LogP contribution in [-0.4, -0.2) is 52.9 Å². The summed E-state index contributed by atoms with van der Waals surface area (Å²) in [6.07, 6.45) is 8.32. The van der Waals surface area contributed by atoms with Gasteiger partial charge in [0.2, 0.25) is 0 Å². The van der Waals surface area contributed by atoms with Crippen LogP contribution in [0.15, 0.2) is 16.9 Å². The van der Waals surface area contributed by atoms with Crippen molar-refractivity contribution >= 4 is 5.91 Å². The van der Waals surface area contributed by atoms with Gasteiger partial charge in [0, 0.05) is 24.8 Å². The standard InChI is InChI=1S/C19H27N3O2/c23-18-16(6-7-17(20-18)14-4-5-14)19(24)22-12-8-15(9-13-22)21-10-2-1-3-11-21/h6-7,14-15H,1-5,8-13H2,(H,20,23). The van der Waals surface area contributed by atoms with E-state index in [9.17, 15) is 9.59 Å². The van der Waals surface area contributed by atoms with Gasteiger partial charge in [0.25, 0.3) is 11.5 Å². The molecule has 1 N–H and O–H groups in total. The highest BCUT2D eigenvalue weighted by Gasteiger charge is 2.30. The maximum atomic E-state index is 12.7. The number of aromatic amines is 1. The third-order valence-corrected chi connectivity index (χ3v) is 5.84. The lowest BCUT2D eigenvalue weighted by molar-refractivity contribution is 0.0588. The summed E-state index contributed by atoms with van der Waals surface area (Å²) < 4.78 is 0. The molecule has 24 heavy (non-hydrogen) atoms. The fourth-order valence-corrected chi connectivity index (χ4v) is 4.18. The monoisotopic (exact) mass is 329 g/mol. The van der Waals surface area contributed by atoms with Crippen LogP contribution in [0.1, 0.15) is 66.9 Å². The first-order valence-electron chi connectivity index (χ1n) is 9.49. The molecule has 3 aliphatic rings. The molecule has 1 amide bonds. The summed E-state index contributed by atoms with van der Waals surface area (Å²) in [5.41, 5.74) is 1.07. The van der Waals surface area contributed by atoms with Gasteiger partial charge in [0.05, 0.1) is 0 Å². The predicted molar refractivity (Wildman–Crippen MR) is 93.4 cm³/mol. The molecule has 3 fully saturated rings. The minimum Gasteiger partial charge on any atom is -0.338 e. The number of likely N-dealkylation sites (tertiary alicyclic amines) is 2. The van der Waals surface area contributed by atoms with Crippen molar-refractivity contribution in [2.45, 2.75) is 56.9 Å². The summed E-state index contributed by atoms with van der Waals surface area (Å²) in [5, 5.41) is 0. The van der Waals surface area contributed by atoms with Crippen LogP contribution in [0.4, 0.5) is 0 Å². The van der Waals surface area contributed by atoms with Crippen molar-refractivity contribution in [3.63, 3.8) is 0 Å². The van der Waals surface area contributed by atoms with E-state index in [1.807, 2.05) is 11.0 Å². The lowest BCUT2D eigenvalue weighted by atomic mass is 9.99. The molecule has 1 aliphatic carbocycles. The minimum absolute atomic E-state index is 0.101. The SMILES string of the molecule is O=C(c1ccc(C2CC2)[nH]c1=O)N1CCC(N2CCCCC2)CC1. The molecule has 1 saturated carbocycles. The second kappa shape index (κ2) is 6.71. The molecule has 5 nitrogen and oxygen atoms in total. The van der Waals surface area contributed by atoms with E-state index in [1.54, 1.807) is 6.07 Å². The third kappa shape index (κ3) is 3.27. The van der Waals surface area contributed by atoms with Crippen molar-refractivity contribution in [2.75, 3.05) is 26.2 Å². The van der Waals surface area contributed by atoms with Crippen LogP contribution >= 0.6 is 0 Å². The number of aromatic nitrogens is 1. The first-order valence-corrected chi connectivity index (χ1v) is 9.49. The van der Waals surface area contributed by atoms with Gasteiger partial charge in [-0.05, 0) is 69.7 Å². The molecule has 2 aliphatic heterocycles. The average Bonchev–Trinajstić information content (AvgIpc) is 3.47. The molecule has 0 aromatic carbocycles. The Morgan fingerprint density at radius 2 is 1.67 bits per heavy atom. The Labute approximate surface area is 143 Å². The van der Waals surface area contributed by atoms with E-state index in [4.69, 9.17) is 0 Å². The summed E-state index contributed by atoms with van der Waals surface area (Å²) in [6, 6.07) is 4.27. The van der Waals surface area contributed by atoms with Gasteiger partial charge in [-0.1, -0.05) is 6.42 Å². The number of amides is 1. The van der Waals surface area contributed by atoms with E-state index in [1.165, 1.54) is 32.4 Å². The fraction of sp³-hybridized carbons (Fsp3) is 0.684. The van der Waals surface area contributed by atoms with E-state index in [0.717, 1.165) is 44.5 Å². The molecule has 1 aromatic heterocycles. The van der Waals surface area contributed by atoms with E-state index in [2.05, 4.69) is 9.88 Å². The first kappa shape index (κ1) is 15.9. The highest BCUT2D eigenvalue weighted by molar-refractivity contribution is 5.93. The Balaban J connectivity index is 1.38. The van der Waals surface area contributed by atoms with Crippen molar-refractivity contribution in [1.82, 2.24) is 14.8 Å². The van der Waals surface area contributed by atoms with Crippen LogP contribution < -0.4 is 5.56 Å². The molecule has 0 atom stereocenters.